The number of ether oxygens (including phenoxy) is 2. The number of halogens is 1. The molecule has 0 aromatic rings. The molecular formula is C14H22ClNO5. The molecule has 1 rings (SSSR count). The summed E-state index contributed by atoms with van der Waals surface area (Å²) in [6.45, 7) is 7.05. The van der Waals surface area contributed by atoms with Crippen LogP contribution in [0.4, 0.5) is 4.79 Å². The molecule has 0 radical (unpaired) electrons. The molecule has 120 valence electrons. The molecule has 0 saturated carbocycles. The van der Waals surface area contributed by atoms with E-state index >= 15 is 0 Å². The van der Waals surface area contributed by atoms with E-state index in [0.717, 1.165) is 0 Å². The van der Waals surface area contributed by atoms with Crippen LogP contribution >= 0.6 is 11.6 Å². The summed E-state index contributed by atoms with van der Waals surface area (Å²) < 4.78 is 10.2. The molecule has 0 aromatic carbocycles. The molecule has 0 spiro atoms. The van der Waals surface area contributed by atoms with E-state index in [0.29, 0.717) is 0 Å². The molecule has 0 N–H and O–H groups in total. The molecule has 21 heavy (non-hydrogen) atoms. The van der Waals surface area contributed by atoms with Crippen LogP contribution in [0.3, 0.4) is 0 Å². The monoisotopic (exact) mass is 319 g/mol. The van der Waals surface area contributed by atoms with E-state index in [1.54, 1.807) is 27.7 Å². The second kappa shape index (κ2) is 7.11. The minimum absolute atomic E-state index is 0.0197. The van der Waals surface area contributed by atoms with Gasteiger partial charge in [-0.1, -0.05) is 0 Å². The molecular weight excluding hydrogens is 298 g/mol. The van der Waals surface area contributed by atoms with E-state index in [9.17, 15) is 14.4 Å². The van der Waals surface area contributed by atoms with Crippen molar-refractivity contribution >= 4 is 29.4 Å². The van der Waals surface area contributed by atoms with Crippen LogP contribution in [0.5, 0.6) is 0 Å². The van der Waals surface area contributed by atoms with E-state index in [4.69, 9.17) is 21.1 Å². The molecule has 1 heterocycles. The number of carbonyl (C=O) groups is 3. The average Bonchev–Trinajstić information content (AvgIpc) is 2.66. The number of hydrogen-bond donors (Lipinski definition) is 0. The van der Waals surface area contributed by atoms with Gasteiger partial charge in [0.25, 0.3) is 0 Å². The Hall–Kier alpha value is -1.30. The highest BCUT2D eigenvalue weighted by molar-refractivity contribution is 6.18. The van der Waals surface area contributed by atoms with Gasteiger partial charge in [-0.25, -0.2) is 4.79 Å². The Morgan fingerprint density at radius 2 is 2.00 bits per heavy atom. The number of ketones is 1. The van der Waals surface area contributed by atoms with Crippen molar-refractivity contribution in [3.63, 3.8) is 0 Å². The molecule has 1 aliphatic heterocycles. The van der Waals surface area contributed by atoms with Crippen LogP contribution in [-0.2, 0) is 19.1 Å². The Bertz CT molecular complexity index is 418. The predicted octanol–water partition coefficient (Wildman–Crippen LogP) is 1.98. The van der Waals surface area contributed by atoms with Gasteiger partial charge >= 0.3 is 12.1 Å². The molecule has 1 saturated heterocycles. The molecule has 2 atom stereocenters. The zero-order valence-corrected chi connectivity index (χ0v) is 13.6. The van der Waals surface area contributed by atoms with Crippen LogP contribution in [-0.4, -0.2) is 53.4 Å². The standard InChI is InChI=1S/C14H22ClNO5/c1-5-20-12(18)9-8-16(10(6-7-15)11(9)17)13(19)21-14(2,3)4/h9-10H,5-8H2,1-4H3. The Morgan fingerprint density at radius 3 is 2.48 bits per heavy atom. The maximum atomic E-state index is 12.3. The SMILES string of the molecule is CCOC(=O)C1CN(C(=O)OC(C)(C)C)C(CCCl)C1=O. The van der Waals surface area contributed by atoms with Gasteiger partial charge in [-0.15, -0.1) is 11.6 Å². The van der Waals surface area contributed by atoms with E-state index in [1.807, 2.05) is 0 Å². The number of nitrogens with zero attached hydrogens (tertiary/aromatic N) is 1. The summed E-state index contributed by atoms with van der Waals surface area (Å²) in [5.74, 6) is -1.68. The van der Waals surface area contributed by atoms with Gasteiger partial charge in [0.05, 0.1) is 12.6 Å². The third-order valence-electron chi connectivity index (χ3n) is 3.01. The number of amides is 1. The van der Waals surface area contributed by atoms with Crippen molar-refractivity contribution in [2.75, 3.05) is 19.0 Å². The van der Waals surface area contributed by atoms with Gasteiger partial charge in [0.15, 0.2) is 5.78 Å². The van der Waals surface area contributed by atoms with Gasteiger partial charge < -0.3 is 9.47 Å². The summed E-state index contributed by atoms with van der Waals surface area (Å²) in [5.41, 5.74) is -0.673. The summed E-state index contributed by atoms with van der Waals surface area (Å²) >= 11 is 5.69. The van der Waals surface area contributed by atoms with E-state index in [-0.39, 0.29) is 31.2 Å². The first-order valence-electron chi connectivity index (χ1n) is 6.97. The van der Waals surface area contributed by atoms with Crippen LogP contribution in [0.15, 0.2) is 0 Å². The third kappa shape index (κ3) is 4.59. The first-order chi connectivity index (χ1) is 9.71. The van der Waals surface area contributed by atoms with E-state index < -0.39 is 29.6 Å². The zero-order valence-electron chi connectivity index (χ0n) is 12.8. The minimum Gasteiger partial charge on any atom is -0.465 e. The molecule has 1 aliphatic rings. The largest absolute Gasteiger partial charge is 0.465 e. The van der Waals surface area contributed by atoms with E-state index in [1.165, 1.54) is 4.90 Å². The van der Waals surface area contributed by atoms with Crippen molar-refractivity contribution in [3.05, 3.63) is 0 Å². The Labute approximate surface area is 129 Å². The summed E-state index contributed by atoms with van der Waals surface area (Å²) in [6, 6.07) is -0.730. The van der Waals surface area contributed by atoms with Crippen molar-refractivity contribution in [2.45, 2.75) is 45.8 Å². The first kappa shape index (κ1) is 17.8. The summed E-state index contributed by atoms with van der Waals surface area (Å²) in [5, 5.41) is 0. The van der Waals surface area contributed by atoms with Gasteiger partial charge in [0.1, 0.15) is 11.5 Å². The molecule has 1 fully saturated rings. The van der Waals surface area contributed by atoms with Crippen molar-refractivity contribution in [2.24, 2.45) is 5.92 Å². The van der Waals surface area contributed by atoms with Gasteiger partial charge in [-0.2, -0.15) is 0 Å². The topological polar surface area (TPSA) is 72.9 Å². The maximum absolute atomic E-state index is 12.3. The highest BCUT2D eigenvalue weighted by Gasteiger charge is 2.47. The molecule has 0 aliphatic carbocycles. The van der Waals surface area contributed by atoms with Crippen LogP contribution in [0, 0.1) is 5.92 Å². The normalized spacial score (nSPS) is 22.3. The minimum atomic E-state index is -0.953. The lowest BCUT2D eigenvalue weighted by molar-refractivity contribution is -0.150. The Morgan fingerprint density at radius 1 is 1.38 bits per heavy atom. The fraction of sp³-hybridized carbons (Fsp3) is 0.786. The highest BCUT2D eigenvalue weighted by atomic mass is 35.5. The van der Waals surface area contributed by atoms with Crippen LogP contribution < -0.4 is 0 Å². The Balaban J connectivity index is 2.89. The quantitative estimate of drug-likeness (QED) is 0.450. The predicted molar refractivity (Wildman–Crippen MR) is 77.2 cm³/mol. The van der Waals surface area contributed by atoms with E-state index in [2.05, 4.69) is 0 Å². The van der Waals surface area contributed by atoms with Gasteiger partial charge in [-0.05, 0) is 34.1 Å². The van der Waals surface area contributed by atoms with Gasteiger partial charge in [0, 0.05) is 12.4 Å². The summed E-state index contributed by atoms with van der Waals surface area (Å²) in [4.78, 5) is 37.5. The van der Waals surface area contributed by atoms with Gasteiger partial charge in [-0.3, -0.25) is 14.5 Å². The Kier molecular flexibility index (Phi) is 6.01. The molecule has 1 amide bonds. The van der Waals surface area contributed by atoms with Crippen molar-refractivity contribution < 1.29 is 23.9 Å². The van der Waals surface area contributed by atoms with Crippen LogP contribution in [0.25, 0.3) is 0 Å². The lowest BCUT2D eigenvalue weighted by Crippen LogP contribution is -2.41. The number of likely N-dealkylation sites (tertiary alicyclic amines) is 1. The molecule has 6 nitrogen and oxygen atoms in total. The van der Waals surface area contributed by atoms with Crippen LogP contribution in [0.2, 0.25) is 0 Å². The number of esters is 1. The number of rotatable bonds is 4. The first-order valence-corrected chi connectivity index (χ1v) is 7.50. The molecule has 7 heteroatoms. The number of carbonyl (C=O) groups excluding carboxylic acids is 3. The van der Waals surface area contributed by atoms with Crippen molar-refractivity contribution in [1.82, 2.24) is 4.90 Å². The number of Topliss-reactive ketones (excluding diaryl/α,β-unsaturated/α-hetero) is 1. The summed E-state index contributed by atoms with van der Waals surface area (Å²) in [7, 11) is 0. The van der Waals surface area contributed by atoms with Crippen molar-refractivity contribution in [3.8, 4) is 0 Å². The molecule has 0 bridgehead atoms. The van der Waals surface area contributed by atoms with Crippen LogP contribution in [0.1, 0.15) is 34.1 Å². The molecule has 2 unspecified atom stereocenters. The third-order valence-corrected chi connectivity index (χ3v) is 3.23. The maximum Gasteiger partial charge on any atom is 0.410 e. The zero-order chi connectivity index (χ0) is 16.2. The molecule has 0 aromatic heterocycles. The lowest BCUT2D eigenvalue weighted by Gasteiger charge is -2.27. The lowest BCUT2D eigenvalue weighted by atomic mass is 10.0. The second-order valence-electron chi connectivity index (χ2n) is 5.83. The van der Waals surface area contributed by atoms with Gasteiger partial charge in [0.2, 0.25) is 0 Å². The fourth-order valence-electron chi connectivity index (χ4n) is 2.16. The second-order valence-corrected chi connectivity index (χ2v) is 6.21. The highest BCUT2D eigenvalue weighted by Crippen LogP contribution is 2.26. The average molecular weight is 320 g/mol. The summed E-state index contributed by atoms with van der Waals surface area (Å²) in [6.07, 6.45) is -0.326. The van der Waals surface area contributed by atoms with Crippen molar-refractivity contribution in [1.29, 1.82) is 0 Å². The fourth-order valence-corrected chi connectivity index (χ4v) is 2.36. The number of alkyl halides is 1. The number of hydrogen-bond acceptors (Lipinski definition) is 5. The smallest absolute Gasteiger partial charge is 0.410 e.